The van der Waals surface area contributed by atoms with Gasteiger partial charge in [0.1, 0.15) is 10.6 Å². The molecule has 0 bridgehead atoms. The highest BCUT2D eigenvalue weighted by atomic mass is 32.2. The summed E-state index contributed by atoms with van der Waals surface area (Å²) >= 11 is 0. The van der Waals surface area contributed by atoms with Crippen molar-refractivity contribution in [1.29, 1.82) is 0 Å². The topological polar surface area (TPSA) is 77.3 Å². The Hall–Kier alpha value is -1.93. The van der Waals surface area contributed by atoms with Crippen molar-refractivity contribution in [3.05, 3.63) is 35.7 Å². The van der Waals surface area contributed by atoms with E-state index in [4.69, 9.17) is 4.74 Å². The van der Waals surface area contributed by atoms with Gasteiger partial charge < -0.3 is 4.74 Å². The third kappa shape index (κ3) is 3.04. The molecular weight excluding hydrogens is 340 g/mol. The lowest BCUT2D eigenvalue weighted by Gasteiger charge is -2.18. The van der Waals surface area contributed by atoms with E-state index in [-0.39, 0.29) is 10.9 Å². The fourth-order valence-corrected chi connectivity index (χ4v) is 5.04. The molecular formula is C17H22N4O3S. The van der Waals surface area contributed by atoms with Crippen LogP contribution in [0.5, 0.6) is 5.75 Å². The zero-order valence-electron chi connectivity index (χ0n) is 14.4. The molecule has 2 aromatic rings. The average Bonchev–Trinajstić information content (AvgIpc) is 3.12. The Morgan fingerprint density at radius 2 is 2.04 bits per heavy atom. The SMILES string of the molecule is COc1ccc(C)cc1S(=O)(=O)N1CCC(n2cc(C3CC3)nn2)C1. The molecule has 0 amide bonds. The van der Waals surface area contributed by atoms with Gasteiger partial charge in [0.25, 0.3) is 0 Å². The minimum atomic E-state index is -3.60. The van der Waals surface area contributed by atoms with E-state index in [1.165, 1.54) is 24.3 Å². The highest BCUT2D eigenvalue weighted by Crippen LogP contribution is 2.39. The molecule has 4 rings (SSSR count). The van der Waals surface area contributed by atoms with Crippen molar-refractivity contribution in [2.75, 3.05) is 20.2 Å². The molecule has 1 atom stereocenters. The summed E-state index contributed by atoms with van der Waals surface area (Å²) in [6.07, 6.45) is 5.07. The number of rotatable bonds is 5. The number of ether oxygens (including phenoxy) is 1. The summed E-state index contributed by atoms with van der Waals surface area (Å²) in [5, 5.41) is 8.45. The van der Waals surface area contributed by atoms with Crippen LogP contribution in [-0.2, 0) is 10.0 Å². The van der Waals surface area contributed by atoms with Gasteiger partial charge in [0.2, 0.25) is 10.0 Å². The fraction of sp³-hybridized carbons (Fsp3) is 0.529. The maximum Gasteiger partial charge on any atom is 0.246 e. The lowest BCUT2D eigenvalue weighted by atomic mass is 10.2. The van der Waals surface area contributed by atoms with Crippen LogP contribution < -0.4 is 4.74 Å². The second-order valence-electron chi connectivity index (χ2n) is 6.86. The van der Waals surface area contributed by atoms with Crippen molar-refractivity contribution >= 4 is 10.0 Å². The van der Waals surface area contributed by atoms with Crippen LogP contribution in [0.2, 0.25) is 0 Å². The average molecular weight is 362 g/mol. The zero-order chi connectivity index (χ0) is 17.6. The van der Waals surface area contributed by atoms with Crippen molar-refractivity contribution in [1.82, 2.24) is 19.3 Å². The van der Waals surface area contributed by atoms with E-state index in [1.807, 2.05) is 23.9 Å². The van der Waals surface area contributed by atoms with E-state index < -0.39 is 10.0 Å². The summed E-state index contributed by atoms with van der Waals surface area (Å²) in [5.74, 6) is 0.928. The Kier molecular flexibility index (Phi) is 4.04. The van der Waals surface area contributed by atoms with Gasteiger partial charge in [-0.15, -0.1) is 5.10 Å². The predicted molar refractivity (Wildman–Crippen MR) is 92.1 cm³/mol. The van der Waals surface area contributed by atoms with Crippen LogP contribution in [-0.4, -0.2) is 47.9 Å². The molecule has 134 valence electrons. The van der Waals surface area contributed by atoms with Crippen LogP contribution in [0.25, 0.3) is 0 Å². The minimum Gasteiger partial charge on any atom is -0.495 e. The highest BCUT2D eigenvalue weighted by Gasteiger charge is 2.36. The summed E-state index contributed by atoms with van der Waals surface area (Å²) in [6, 6.07) is 5.25. The number of hydrogen-bond donors (Lipinski definition) is 0. The summed E-state index contributed by atoms with van der Waals surface area (Å²) in [4.78, 5) is 0.230. The smallest absolute Gasteiger partial charge is 0.246 e. The van der Waals surface area contributed by atoms with E-state index in [0.29, 0.717) is 24.8 Å². The molecule has 1 aromatic heterocycles. The first-order valence-electron chi connectivity index (χ1n) is 8.55. The van der Waals surface area contributed by atoms with E-state index in [1.54, 1.807) is 12.1 Å². The minimum absolute atomic E-state index is 0.0329. The molecule has 7 nitrogen and oxygen atoms in total. The normalized spacial score (nSPS) is 21.6. The van der Waals surface area contributed by atoms with Crippen molar-refractivity contribution in [3.63, 3.8) is 0 Å². The quantitative estimate of drug-likeness (QED) is 0.814. The Balaban J connectivity index is 1.56. The summed E-state index contributed by atoms with van der Waals surface area (Å²) in [5.41, 5.74) is 1.92. The maximum absolute atomic E-state index is 13.1. The zero-order valence-corrected chi connectivity index (χ0v) is 15.2. The number of benzene rings is 1. The van der Waals surface area contributed by atoms with E-state index in [2.05, 4.69) is 10.3 Å². The van der Waals surface area contributed by atoms with Crippen molar-refractivity contribution in [2.24, 2.45) is 0 Å². The van der Waals surface area contributed by atoms with Gasteiger partial charge in [0, 0.05) is 25.2 Å². The molecule has 1 unspecified atom stereocenters. The van der Waals surface area contributed by atoms with Crippen LogP contribution in [0.1, 0.15) is 42.5 Å². The molecule has 1 aromatic carbocycles. The first-order valence-corrected chi connectivity index (χ1v) is 9.99. The van der Waals surface area contributed by atoms with Crippen LogP contribution in [0.3, 0.4) is 0 Å². The molecule has 2 aliphatic rings. The summed E-state index contributed by atoms with van der Waals surface area (Å²) in [6.45, 7) is 2.76. The molecule has 1 aliphatic heterocycles. The number of nitrogens with zero attached hydrogens (tertiary/aromatic N) is 4. The van der Waals surface area contributed by atoms with E-state index >= 15 is 0 Å². The molecule has 0 radical (unpaired) electrons. The lowest BCUT2D eigenvalue weighted by Crippen LogP contribution is -2.29. The number of aryl methyl sites for hydroxylation is 1. The second kappa shape index (κ2) is 6.10. The summed E-state index contributed by atoms with van der Waals surface area (Å²) in [7, 11) is -2.10. The molecule has 8 heteroatoms. The van der Waals surface area contributed by atoms with Gasteiger partial charge in [-0.2, -0.15) is 4.31 Å². The maximum atomic E-state index is 13.1. The number of aromatic nitrogens is 3. The Morgan fingerprint density at radius 3 is 2.76 bits per heavy atom. The van der Waals surface area contributed by atoms with Gasteiger partial charge in [0.05, 0.1) is 18.8 Å². The van der Waals surface area contributed by atoms with Gasteiger partial charge in [-0.25, -0.2) is 13.1 Å². The Labute approximate surface area is 147 Å². The highest BCUT2D eigenvalue weighted by molar-refractivity contribution is 7.89. The van der Waals surface area contributed by atoms with Crippen molar-refractivity contribution in [3.8, 4) is 5.75 Å². The Bertz CT molecular complexity index is 889. The standard InChI is InChI=1S/C17H22N4O3S/c1-12-3-6-16(24-2)17(9-12)25(22,23)20-8-7-14(10-20)21-11-15(18-19-21)13-4-5-13/h3,6,9,11,13-14H,4-5,7-8,10H2,1-2H3. The predicted octanol–water partition coefficient (Wildman–Crippen LogP) is 2.11. The number of hydrogen-bond acceptors (Lipinski definition) is 5. The van der Waals surface area contributed by atoms with Gasteiger partial charge in [-0.05, 0) is 43.9 Å². The molecule has 2 fully saturated rings. The molecule has 1 saturated heterocycles. The summed E-state index contributed by atoms with van der Waals surface area (Å²) < 4.78 is 34.7. The van der Waals surface area contributed by atoms with Crippen LogP contribution in [0.15, 0.2) is 29.3 Å². The third-order valence-electron chi connectivity index (χ3n) is 4.96. The molecule has 0 N–H and O–H groups in total. The van der Waals surface area contributed by atoms with Gasteiger partial charge in [0.15, 0.2) is 0 Å². The molecule has 1 aliphatic carbocycles. The number of methoxy groups -OCH3 is 1. The van der Waals surface area contributed by atoms with E-state index in [0.717, 1.165) is 17.7 Å². The molecule has 25 heavy (non-hydrogen) atoms. The van der Waals surface area contributed by atoms with E-state index in [9.17, 15) is 8.42 Å². The van der Waals surface area contributed by atoms with Crippen LogP contribution in [0.4, 0.5) is 0 Å². The first-order chi connectivity index (χ1) is 12.0. The molecule has 2 heterocycles. The van der Waals surface area contributed by atoms with Crippen LogP contribution in [0, 0.1) is 6.92 Å². The van der Waals surface area contributed by atoms with Gasteiger partial charge >= 0.3 is 0 Å². The fourth-order valence-electron chi connectivity index (χ4n) is 3.30. The van der Waals surface area contributed by atoms with Gasteiger partial charge in [-0.3, -0.25) is 0 Å². The Morgan fingerprint density at radius 1 is 1.24 bits per heavy atom. The molecule has 0 spiro atoms. The molecule has 1 saturated carbocycles. The largest absolute Gasteiger partial charge is 0.495 e. The third-order valence-corrected chi connectivity index (χ3v) is 6.85. The van der Waals surface area contributed by atoms with Crippen molar-refractivity contribution in [2.45, 2.75) is 43.0 Å². The second-order valence-corrected chi connectivity index (χ2v) is 8.76. The number of sulfonamides is 1. The van der Waals surface area contributed by atoms with Crippen LogP contribution >= 0.6 is 0 Å². The monoisotopic (exact) mass is 362 g/mol. The lowest BCUT2D eigenvalue weighted by molar-refractivity contribution is 0.395. The van der Waals surface area contributed by atoms with Gasteiger partial charge in [-0.1, -0.05) is 11.3 Å². The van der Waals surface area contributed by atoms with Crippen molar-refractivity contribution < 1.29 is 13.2 Å². The first kappa shape index (κ1) is 16.5.